The number of hydrogen-bond acceptors (Lipinski definition) is 3. The van der Waals surface area contributed by atoms with Crippen LogP contribution >= 0.6 is 15.9 Å². The molecule has 0 saturated carbocycles. The van der Waals surface area contributed by atoms with Crippen molar-refractivity contribution < 1.29 is 13.2 Å². The molecule has 0 aromatic heterocycles. The van der Waals surface area contributed by atoms with Crippen molar-refractivity contribution in [1.29, 1.82) is 0 Å². The van der Waals surface area contributed by atoms with Crippen LogP contribution in [0, 0.1) is 13.8 Å². The second kappa shape index (κ2) is 8.79. The Hall–Kier alpha value is -1.70. The molecule has 1 unspecified atom stereocenters. The third kappa shape index (κ3) is 5.65. The number of sulfonamides is 1. The molecule has 0 aliphatic heterocycles. The lowest BCUT2D eigenvalue weighted by atomic mass is 10.00. The van der Waals surface area contributed by atoms with Gasteiger partial charge in [0.25, 0.3) is 0 Å². The van der Waals surface area contributed by atoms with E-state index in [0.29, 0.717) is 4.47 Å². The first kappa shape index (κ1) is 20.6. The van der Waals surface area contributed by atoms with Gasteiger partial charge < -0.3 is 5.32 Å². The van der Waals surface area contributed by atoms with Gasteiger partial charge in [0.05, 0.1) is 10.9 Å². The predicted molar refractivity (Wildman–Crippen MR) is 106 cm³/mol. The molecular weight excluding hydrogens is 416 g/mol. The molecule has 0 radical (unpaired) electrons. The first-order chi connectivity index (χ1) is 12.2. The molecule has 2 N–H and O–H groups in total. The number of halogens is 1. The van der Waals surface area contributed by atoms with Gasteiger partial charge in [-0.3, -0.25) is 4.79 Å². The molecule has 0 fully saturated rings. The number of carbonyl (C=O) groups is 1. The van der Waals surface area contributed by atoms with E-state index >= 15 is 0 Å². The highest BCUT2D eigenvalue weighted by Crippen LogP contribution is 2.19. The topological polar surface area (TPSA) is 75.3 Å². The molecule has 0 bridgehead atoms. The lowest BCUT2D eigenvalue weighted by molar-refractivity contribution is -0.121. The van der Waals surface area contributed by atoms with Gasteiger partial charge in [0.2, 0.25) is 15.9 Å². The molecule has 0 aliphatic carbocycles. The van der Waals surface area contributed by atoms with Crippen molar-refractivity contribution >= 4 is 31.9 Å². The largest absolute Gasteiger partial charge is 0.350 e. The molecule has 2 aromatic carbocycles. The smallest absolute Gasteiger partial charge is 0.240 e. The SMILES string of the molecule is Cc1ccc(C)c(C(C)NC(=O)CCNS(=O)(=O)c2cccc(Br)c2)c1. The van der Waals surface area contributed by atoms with Crippen LogP contribution in [0.15, 0.2) is 51.8 Å². The normalized spacial score (nSPS) is 12.6. The van der Waals surface area contributed by atoms with Crippen molar-refractivity contribution in [3.63, 3.8) is 0 Å². The second-order valence-corrected chi connectivity index (χ2v) is 8.94. The number of aryl methyl sites for hydroxylation is 2. The van der Waals surface area contributed by atoms with Gasteiger partial charge in [0, 0.05) is 17.4 Å². The maximum atomic E-state index is 12.2. The molecule has 0 saturated heterocycles. The van der Waals surface area contributed by atoms with E-state index in [1.165, 1.54) is 12.1 Å². The Morgan fingerprint density at radius 3 is 2.58 bits per heavy atom. The molecule has 0 aliphatic rings. The molecule has 140 valence electrons. The van der Waals surface area contributed by atoms with Gasteiger partial charge in [-0.1, -0.05) is 45.8 Å². The maximum Gasteiger partial charge on any atom is 0.240 e. The van der Waals surface area contributed by atoms with Crippen LogP contribution in [0.3, 0.4) is 0 Å². The van der Waals surface area contributed by atoms with E-state index in [2.05, 4.69) is 32.0 Å². The van der Waals surface area contributed by atoms with Crippen LogP contribution in [-0.2, 0) is 14.8 Å². The zero-order valence-corrected chi connectivity index (χ0v) is 17.4. The monoisotopic (exact) mass is 438 g/mol. The van der Waals surface area contributed by atoms with E-state index in [-0.39, 0.29) is 29.8 Å². The van der Waals surface area contributed by atoms with Gasteiger partial charge in [-0.2, -0.15) is 0 Å². The van der Waals surface area contributed by atoms with Gasteiger partial charge in [-0.25, -0.2) is 13.1 Å². The Balaban J connectivity index is 1.89. The summed E-state index contributed by atoms with van der Waals surface area (Å²) in [6.45, 7) is 5.98. The minimum absolute atomic E-state index is 0.0419. The number of benzene rings is 2. The van der Waals surface area contributed by atoms with Crippen molar-refractivity contribution in [1.82, 2.24) is 10.0 Å². The fourth-order valence-corrected chi connectivity index (χ4v) is 4.26. The molecule has 0 spiro atoms. The Labute approximate surface area is 163 Å². The standard InChI is InChI=1S/C19H23BrN2O3S/c1-13-7-8-14(2)18(11-13)15(3)22-19(23)9-10-21-26(24,25)17-6-4-5-16(20)12-17/h4-8,11-12,15,21H,9-10H2,1-3H3,(H,22,23). The molecule has 7 heteroatoms. The fourth-order valence-electron chi connectivity index (χ4n) is 2.63. The highest BCUT2D eigenvalue weighted by atomic mass is 79.9. The molecule has 26 heavy (non-hydrogen) atoms. The zero-order chi connectivity index (χ0) is 19.3. The summed E-state index contributed by atoms with van der Waals surface area (Å²) >= 11 is 3.25. The quantitative estimate of drug-likeness (QED) is 0.692. The van der Waals surface area contributed by atoms with Crippen LogP contribution in [0.1, 0.15) is 36.1 Å². The van der Waals surface area contributed by atoms with E-state index in [1.54, 1.807) is 12.1 Å². The molecule has 1 amide bonds. The van der Waals surface area contributed by atoms with Gasteiger partial charge >= 0.3 is 0 Å². The predicted octanol–water partition coefficient (Wildman–Crippen LogP) is 3.61. The minimum Gasteiger partial charge on any atom is -0.350 e. The number of nitrogens with one attached hydrogen (secondary N) is 2. The molecule has 1 atom stereocenters. The van der Waals surface area contributed by atoms with Crippen LogP contribution in [0.5, 0.6) is 0 Å². The fraction of sp³-hybridized carbons (Fsp3) is 0.316. The van der Waals surface area contributed by atoms with Crippen LogP contribution in [0.2, 0.25) is 0 Å². The van der Waals surface area contributed by atoms with Crippen molar-refractivity contribution in [3.8, 4) is 0 Å². The highest BCUT2D eigenvalue weighted by molar-refractivity contribution is 9.10. The molecule has 5 nitrogen and oxygen atoms in total. The Morgan fingerprint density at radius 1 is 1.15 bits per heavy atom. The number of amides is 1. The summed E-state index contributed by atoms with van der Waals surface area (Å²) in [7, 11) is -3.63. The van der Waals surface area contributed by atoms with Crippen molar-refractivity contribution in [3.05, 3.63) is 63.6 Å². The van der Waals surface area contributed by atoms with E-state index in [4.69, 9.17) is 0 Å². The lowest BCUT2D eigenvalue weighted by Gasteiger charge is -2.17. The summed E-state index contributed by atoms with van der Waals surface area (Å²) in [5, 5.41) is 2.92. The van der Waals surface area contributed by atoms with Crippen molar-refractivity contribution in [2.24, 2.45) is 0 Å². The number of rotatable bonds is 7. The summed E-state index contributed by atoms with van der Waals surface area (Å²) in [6.07, 6.45) is 0.0719. The van der Waals surface area contributed by atoms with Crippen molar-refractivity contribution in [2.75, 3.05) is 6.54 Å². The first-order valence-electron chi connectivity index (χ1n) is 8.31. The minimum atomic E-state index is -3.63. The average Bonchev–Trinajstić information content (AvgIpc) is 2.56. The van der Waals surface area contributed by atoms with Crippen LogP contribution in [0.25, 0.3) is 0 Å². The first-order valence-corrected chi connectivity index (χ1v) is 10.6. The number of carbonyl (C=O) groups excluding carboxylic acids is 1. The lowest BCUT2D eigenvalue weighted by Crippen LogP contribution is -2.32. The molecule has 0 heterocycles. The third-order valence-corrected chi connectivity index (χ3v) is 5.98. The summed E-state index contributed by atoms with van der Waals surface area (Å²) < 4.78 is 27.6. The zero-order valence-electron chi connectivity index (χ0n) is 15.0. The van der Waals surface area contributed by atoms with Crippen LogP contribution in [-0.4, -0.2) is 20.9 Å². The Kier molecular flexibility index (Phi) is 6.97. The van der Waals surface area contributed by atoms with Gasteiger partial charge in [0.15, 0.2) is 0 Å². The van der Waals surface area contributed by atoms with Gasteiger partial charge in [0.1, 0.15) is 0 Å². The highest BCUT2D eigenvalue weighted by Gasteiger charge is 2.16. The van der Waals surface area contributed by atoms with Gasteiger partial charge in [-0.15, -0.1) is 0 Å². The Morgan fingerprint density at radius 2 is 1.88 bits per heavy atom. The maximum absolute atomic E-state index is 12.2. The van der Waals surface area contributed by atoms with Crippen molar-refractivity contribution in [2.45, 2.75) is 38.1 Å². The van der Waals surface area contributed by atoms with E-state index < -0.39 is 10.0 Å². The number of hydrogen-bond donors (Lipinski definition) is 2. The van der Waals surface area contributed by atoms with E-state index in [9.17, 15) is 13.2 Å². The van der Waals surface area contributed by atoms with E-state index in [1.807, 2.05) is 32.9 Å². The summed E-state index contributed by atoms with van der Waals surface area (Å²) in [5.74, 6) is -0.199. The summed E-state index contributed by atoms with van der Waals surface area (Å²) in [4.78, 5) is 12.3. The average molecular weight is 439 g/mol. The van der Waals surface area contributed by atoms with Crippen LogP contribution < -0.4 is 10.0 Å². The molecule has 2 rings (SSSR count). The van der Waals surface area contributed by atoms with Crippen LogP contribution in [0.4, 0.5) is 0 Å². The Bertz CT molecular complexity index is 897. The van der Waals surface area contributed by atoms with Gasteiger partial charge in [-0.05, 0) is 50.1 Å². The molecule has 2 aromatic rings. The van der Waals surface area contributed by atoms with E-state index in [0.717, 1.165) is 16.7 Å². The summed E-state index contributed by atoms with van der Waals surface area (Å²) in [5.41, 5.74) is 3.31. The summed E-state index contributed by atoms with van der Waals surface area (Å²) in [6, 6.07) is 12.4. The second-order valence-electron chi connectivity index (χ2n) is 6.25. The third-order valence-electron chi connectivity index (χ3n) is 4.03. The molecular formula is C19H23BrN2O3S.